The van der Waals surface area contributed by atoms with Crippen LogP contribution in [-0.2, 0) is 0 Å². The van der Waals surface area contributed by atoms with Gasteiger partial charge in [-0.1, -0.05) is 37.3 Å². The highest BCUT2D eigenvalue weighted by atomic mass is 16.5. The van der Waals surface area contributed by atoms with Crippen molar-refractivity contribution in [1.29, 1.82) is 0 Å². The molecule has 0 fully saturated rings. The van der Waals surface area contributed by atoms with Crippen molar-refractivity contribution < 1.29 is 9.47 Å². The molecule has 2 aromatic carbocycles. The summed E-state index contributed by atoms with van der Waals surface area (Å²) >= 11 is 0. The van der Waals surface area contributed by atoms with E-state index in [4.69, 9.17) is 9.47 Å². The van der Waals surface area contributed by atoms with Crippen LogP contribution >= 0.6 is 0 Å². The van der Waals surface area contributed by atoms with Gasteiger partial charge in [-0.3, -0.25) is 0 Å². The quantitative estimate of drug-likeness (QED) is 0.761. The molecular weight excluding hydrogens is 212 g/mol. The maximum absolute atomic E-state index is 5.78. The predicted octanol–water partition coefficient (Wildman–Crippen LogP) is 4.27. The molecule has 0 atom stereocenters. The lowest BCUT2D eigenvalue weighted by molar-refractivity contribution is 0.302. The zero-order valence-electron chi connectivity index (χ0n) is 9.93. The first kappa shape index (κ1) is 11.5. The molecule has 0 N–H and O–H groups in total. The zero-order valence-corrected chi connectivity index (χ0v) is 9.93. The molecule has 2 nitrogen and oxygen atoms in total. The maximum atomic E-state index is 5.78. The van der Waals surface area contributed by atoms with Crippen LogP contribution in [-0.4, -0.2) is 6.61 Å². The summed E-state index contributed by atoms with van der Waals surface area (Å²) in [6.07, 6.45) is 0.986. The summed E-state index contributed by atoms with van der Waals surface area (Å²) in [4.78, 5) is 0. The molecule has 2 aromatic rings. The molecule has 0 aliphatic heterocycles. The van der Waals surface area contributed by atoms with Gasteiger partial charge in [-0.2, -0.15) is 0 Å². The second kappa shape index (κ2) is 5.94. The van der Waals surface area contributed by atoms with E-state index in [1.807, 2.05) is 54.6 Å². The topological polar surface area (TPSA) is 18.5 Å². The van der Waals surface area contributed by atoms with Gasteiger partial charge in [-0.25, -0.2) is 0 Å². The average molecular weight is 228 g/mol. The maximum Gasteiger partial charge on any atom is 0.169 e. The molecule has 0 amide bonds. The summed E-state index contributed by atoms with van der Waals surface area (Å²) in [7, 11) is 0. The Kier molecular flexibility index (Phi) is 4.03. The van der Waals surface area contributed by atoms with Crippen LogP contribution in [0, 0.1) is 0 Å². The Hall–Kier alpha value is -1.96. The number of para-hydroxylation sites is 3. The van der Waals surface area contributed by atoms with Gasteiger partial charge in [-0.05, 0) is 30.7 Å². The van der Waals surface area contributed by atoms with Crippen LogP contribution in [0.25, 0.3) is 0 Å². The zero-order chi connectivity index (χ0) is 11.9. The van der Waals surface area contributed by atoms with Gasteiger partial charge in [0.2, 0.25) is 0 Å². The monoisotopic (exact) mass is 228 g/mol. The Morgan fingerprint density at radius 2 is 1.47 bits per heavy atom. The van der Waals surface area contributed by atoms with Crippen LogP contribution in [0.3, 0.4) is 0 Å². The van der Waals surface area contributed by atoms with Crippen molar-refractivity contribution in [3.63, 3.8) is 0 Å². The Bertz CT molecular complexity index is 451. The third kappa shape index (κ3) is 3.25. The first-order chi connectivity index (χ1) is 8.40. The van der Waals surface area contributed by atoms with E-state index in [-0.39, 0.29) is 0 Å². The van der Waals surface area contributed by atoms with Crippen molar-refractivity contribution >= 4 is 0 Å². The SMILES string of the molecule is CCCOc1ccccc1Oc1ccccc1. The Labute approximate surface area is 102 Å². The second-order valence-electron chi connectivity index (χ2n) is 3.71. The van der Waals surface area contributed by atoms with E-state index in [2.05, 4.69) is 6.92 Å². The standard InChI is InChI=1S/C15H16O2/c1-2-12-16-14-10-6-7-11-15(14)17-13-8-4-3-5-9-13/h3-11H,2,12H2,1H3. The normalized spacial score (nSPS) is 9.94. The fraction of sp³-hybridized carbons (Fsp3) is 0.200. The smallest absolute Gasteiger partial charge is 0.169 e. The second-order valence-corrected chi connectivity index (χ2v) is 3.71. The van der Waals surface area contributed by atoms with Gasteiger partial charge in [0.25, 0.3) is 0 Å². The molecule has 0 bridgehead atoms. The van der Waals surface area contributed by atoms with Gasteiger partial charge >= 0.3 is 0 Å². The third-order valence-electron chi connectivity index (χ3n) is 2.28. The minimum Gasteiger partial charge on any atom is -0.490 e. The highest BCUT2D eigenvalue weighted by Crippen LogP contribution is 2.30. The summed E-state index contributed by atoms with van der Waals surface area (Å²) in [5.74, 6) is 2.37. The summed E-state index contributed by atoms with van der Waals surface area (Å²) in [5.41, 5.74) is 0. The molecule has 0 saturated heterocycles. The van der Waals surface area contributed by atoms with Crippen LogP contribution in [0.1, 0.15) is 13.3 Å². The summed E-state index contributed by atoms with van der Waals surface area (Å²) in [6, 6.07) is 17.4. The van der Waals surface area contributed by atoms with Crippen LogP contribution in [0.4, 0.5) is 0 Å². The number of hydrogen-bond donors (Lipinski definition) is 0. The van der Waals surface area contributed by atoms with Crippen LogP contribution < -0.4 is 9.47 Å². The van der Waals surface area contributed by atoms with E-state index in [0.29, 0.717) is 6.61 Å². The van der Waals surface area contributed by atoms with Crippen molar-refractivity contribution in [3.8, 4) is 17.2 Å². The summed E-state index contributed by atoms with van der Waals surface area (Å²) < 4.78 is 11.4. The van der Waals surface area contributed by atoms with E-state index in [1.54, 1.807) is 0 Å². The third-order valence-corrected chi connectivity index (χ3v) is 2.28. The Morgan fingerprint density at radius 1 is 0.824 bits per heavy atom. The van der Waals surface area contributed by atoms with E-state index < -0.39 is 0 Å². The number of rotatable bonds is 5. The fourth-order valence-electron chi connectivity index (χ4n) is 1.48. The van der Waals surface area contributed by atoms with Crippen molar-refractivity contribution in [2.24, 2.45) is 0 Å². The highest BCUT2D eigenvalue weighted by Gasteiger charge is 2.04. The van der Waals surface area contributed by atoms with Crippen molar-refractivity contribution in [1.82, 2.24) is 0 Å². The first-order valence-corrected chi connectivity index (χ1v) is 5.85. The number of ether oxygens (including phenoxy) is 2. The molecule has 2 rings (SSSR count). The Balaban J connectivity index is 2.15. The Morgan fingerprint density at radius 3 is 2.18 bits per heavy atom. The lowest BCUT2D eigenvalue weighted by Crippen LogP contribution is -1.97. The molecule has 0 aliphatic rings. The molecule has 0 radical (unpaired) electrons. The molecule has 0 spiro atoms. The number of hydrogen-bond acceptors (Lipinski definition) is 2. The van der Waals surface area contributed by atoms with Crippen molar-refractivity contribution in [2.45, 2.75) is 13.3 Å². The highest BCUT2D eigenvalue weighted by molar-refractivity contribution is 5.42. The molecule has 0 heterocycles. The van der Waals surface area contributed by atoms with E-state index in [0.717, 1.165) is 23.7 Å². The van der Waals surface area contributed by atoms with Gasteiger partial charge < -0.3 is 9.47 Å². The molecule has 0 unspecified atom stereocenters. The van der Waals surface area contributed by atoms with Gasteiger partial charge in [-0.15, -0.1) is 0 Å². The fourth-order valence-corrected chi connectivity index (χ4v) is 1.48. The molecule has 0 aliphatic carbocycles. The molecule has 88 valence electrons. The van der Waals surface area contributed by atoms with Crippen LogP contribution in [0.2, 0.25) is 0 Å². The largest absolute Gasteiger partial charge is 0.490 e. The first-order valence-electron chi connectivity index (χ1n) is 5.85. The lowest BCUT2D eigenvalue weighted by atomic mass is 10.3. The van der Waals surface area contributed by atoms with Gasteiger partial charge in [0, 0.05) is 0 Å². The van der Waals surface area contributed by atoms with Crippen LogP contribution in [0.15, 0.2) is 54.6 Å². The molecule has 2 heteroatoms. The van der Waals surface area contributed by atoms with Crippen molar-refractivity contribution in [3.05, 3.63) is 54.6 Å². The number of benzene rings is 2. The summed E-state index contributed by atoms with van der Waals surface area (Å²) in [5, 5.41) is 0. The van der Waals surface area contributed by atoms with Gasteiger partial charge in [0.05, 0.1) is 6.61 Å². The van der Waals surface area contributed by atoms with Gasteiger partial charge in [0.15, 0.2) is 11.5 Å². The summed E-state index contributed by atoms with van der Waals surface area (Å²) in [6.45, 7) is 2.79. The lowest BCUT2D eigenvalue weighted by Gasteiger charge is -2.11. The van der Waals surface area contributed by atoms with Gasteiger partial charge in [0.1, 0.15) is 5.75 Å². The van der Waals surface area contributed by atoms with Crippen molar-refractivity contribution in [2.75, 3.05) is 6.61 Å². The minimum absolute atomic E-state index is 0.704. The van der Waals surface area contributed by atoms with E-state index >= 15 is 0 Å². The molecular formula is C15H16O2. The molecule has 17 heavy (non-hydrogen) atoms. The molecule has 0 aromatic heterocycles. The average Bonchev–Trinajstić information content (AvgIpc) is 2.39. The van der Waals surface area contributed by atoms with E-state index in [1.165, 1.54) is 0 Å². The molecule has 0 saturated carbocycles. The minimum atomic E-state index is 0.704. The van der Waals surface area contributed by atoms with Crippen LogP contribution in [0.5, 0.6) is 17.2 Å². The predicted molar refractivity (Wildman–Crippen MR) is 68.7 cm³/mol. The van der Waals surface area contributed by atoms with E-state index in [9.17, 15) is 0 Å².